The van der Waals surface area contributed by atoms with E-state index in [1.165, 1.54) is 0 Å². The lowest BCUT2D eigenvalue weighted by molar-refractivity contribution is 0.0467. The van der Waals surface area contributed by atoms with E-state index in [4.69, 9.17) is 9.47 Å². The van der Waals surface area contributed by atoms with Gasteiger partial charge in [-0.25, -0.2) is 9.59 Å². The van der Waals surface area contributed by atoms with Crippen LogP contribution in [0.4, 0.5) is 0 Å². The Morgan fingerprint density at radius 3 is 2.13 bits per heavy atom. The molecule has 0 heterocycles. The molecule has 4 nitrogen and oxygen atoms in total. The van der Waals surface area contributed by atoms with Gasteiger partial charge in [-0.05, 0) is 50.8 Å². The fourth-order valence-electron chi connectivity index (χ4n) is 1.94. The standard InChI is InChI=1S/C19H26O4/c1-14(2)8-7-12-22-18(20)16-9-5-6-10-17(16)19(21)23-13-11-15(3)4/h5-6,9-11,14H,7-8,12-13H2,1-4H3. The van der Waals surface area contributed by atoms with Crippen molar-refractivity contribution in [2.24, 2.45) is 5.92 Å². The zero-order valence-corrected chi connectivity index (χ0v) is 14.4. The lowest BCUT2D eigenvalue weighted by Gasteiger charge is -2.10. The van der Waals surface area contributed by atoms with Crippen LogP contribution in [0.1, 0.15) is 61.3 Å². The number of esters is 2. The topological polar surface area (TPSA) is 52.6 Å². The molecule has 0 atom stereocenters. The average molecular weight is 318 g/mol. The van der Waals surface area contributed by atoms with Crippen molar-refractivity contribution < 1.29 is 19.1 Å². The van der Waals surface area contributed by atoms with E-state index < -0.39 is 11.9 Å². The van der Waals surface area contributed by atoms with Gasteiger partial charge < -0.3 is 9.47 Å². The number of hydrogen-bond donors (Lipinski definition) is 0. The van der Waals surface area contributed by atoms with Crippen LogP contribution >= 0.6 is 0 Å². The van der Waals surface area contributed by atoms with Gasteiger partial charge in [0.25, 0.3) is 0 Å². The molecule has 1 aromatic carbocycles. The fraction of sp³-hybridized carbons (Fsp3) is 0.474. The Morgan fingerprint density at radius 1 is 1.04 bits per heavy atom. The summed E-state index contributed by atoms with van der Waals surface area (Å²) in [5, 5.41) is 0. The normalized spacial score (nSPS) is 10.3. The predicted molar refractivity (Wildman–Crippen MR) is 90.5 cm³/mol. The molecule has 0 saturated carbocycles. The third-order valence-electron chi connectivity index (χ3n) is 3.23. The lowest BCUT2D eigenvalue weighted by Crippen LogP contribution is -2.14. The Hall–Kier alpha value is -2.10. The molecule has 0 saturated heterocycles. The molecule has 1 aromatic rings. The van der Waals surface area contributed by atoms with Crippen LogP contribution in [0, 0.1) is 5.92 Å². The van der Waals surface area contributed by atoms with Crippen LogP contribution < -0.4 is 0 Å². The quantitative estimate of drug-likeness (QED) is 0.405. The van der Waals surface area contributed by atoms with Crippen molar-refractivity contribution in [3.05, 3.63) is 47.0 Å². The second kappa shape index (κ2) is 9.82. The van der Waals surface area contributed by atoms with Gasteiger partial charge in [-0.15, -0.1) is 0 Å². The lowest BCUT2D eigenvalue weighted by atomic mass is 10.1. The summed E-state index contributed by atoms with van der Waals surface area (Å²) in [6.45, 7) is 8.66. The summed E-state index contributed by atoms with van der Waals surface area (Å²) in [7, 11) is 0. The van der Waals surface area contributed by atoms with Gasteiger partial charge in [-0.2, -0.15) is 0 Å². The van der Waals surface area contributed by atoms with Crippen LogP contribution in [0.2, 0.25) is 0 Å². The second-order valence-corrected chi connectivity index (χ2v) is 6.10. The molecule has 126 valence electrons. The summed E-state index contributed by atoms with van der Waals surface area (Å²) in [5.41, 5.74) is 1.55. The van der Waals surface area contributed by atoms with Crippen molar-refractivity contribution in [3.8, 4) is 0 Å². The van der Waals surface area contributed by atoms with E-state index >= 15 is 0 Å². The molecule has 0 unspecified atom stereocenters. The van der Waals surface area contributed by atoms with E-state index in [2.05, 4.69) is 13.8 Å². The summed E-state index contributed by atoms with van der Waals surface area (Å²) in [5.74, 6) is -0.424. The summed E-state index contributed by atoms with van der Waals surface area (Å²) in [6, 6.07) is 6.57. The van der Waals surface area contributed by atoms with Crippen molar-refractivity contribution in [2.75, 3.05) is 13.2 Å². The third kappa shape index (κ3) is 7.13. The number of benzene rings is 1. The predicted octanol–water partition coefficient (Wildman–Crippen LogP) is 4.40. The van der Waals surface area contributed by atoms with Gasteiger partial charge >= 0.3 is 11.9 Å². The number of carbonyl (C=O) groups is 2. The van der Waals surface area contributed by atoms with E-state index in [-0.39, 0.29) is 17.7 Å². The van der Waals surface area contributed by atoms with Gasteiger partial charge in [0.05, 0.1) is 17.7 Å². The molecule has 0 aliphatic heterocycles. The Kier molecular flexibility index (Phi) is 8.09. The largest absolute Gasteiger partial charge is 0.462 e. The molecule has 4 heteroatoms. The molecule has 0 spiro atoms. The monoisotopic (exact) mass is 318 g/mol. The van der Waals surface area contributed by atoms with Crippen molar-refractivity contribution in [2.45, 2.75) is 40.5 Å². The van der Waals surface area contributed by atoms with Crippen molar-refractivity contribution in [1.82, 2.24) is 0 Å². The molecule has 1 rings (SSSR count). The van der Waals surface area contributed by atoms with Crippen LogP contribution in [0.5, 0.6) is 0 Å². The highest BCUT2D eigenvalue weighted by molar-refractivity contribution is 6.03. The SMILES string of the molecule is CC(C)=CCOC(=O)c1ccccc1C(=O)OCCCC(C)C. The first-order chi connectivity index (χ1) is 10.9. The number of hydrogen-bond acceptors (Lipinski definition) is 4. The van der Waals surface area contributed by atoms with Gasteiger partial charge in [0.15, 0.2) is 0 Å². The molecule has 0 amide bonds. The number of rotatable bonds is 8. The number of allylic oxidation sites excluding steroid dienone is 1. The highest BCUT2D eigenvalue weighted by atomic mass is 16.5. The summed E-state index contributed by atoms with van der Waals surface area (Å²) in [4.78, 5) is 24.3. The zero-order valence-electron chi connectivity index (χ0n) is 14.4. The Balaban J connectivity index is 2.67. The molecule has 0 radical (unpaired) electrons. The van der Waals surface area contributed by atoms with Gasteiger partial charge in [0, 0.05) is 0 Å². The van der Waals surface area contributed by atoms with Crippen molar-refractivity contribution in [3.63, 3.8) is 0 Å². The highest BCUT2D eigenvalue weighted by Crippen LogP contribution is 2.13. The minimum Gasteiger partial charge on any atom is -0.462 e. The van der Waals surface area contributed by atoms with Crippen LogP contribution in [0.15, 0.2) is 35.9 Å². The minimum absolute atomic E-state index is 0.193. The fourth-order valence-corrected chi connectivity index (χ4v) is 1.94. The van der Waals surface area contributed by atoms with Gasteiger partial charge in [0.2, 0.25) is 0 Å². The molecular formula is C19H26O4. The molecular weight excluding hydrogens is 292 g/mol. The molecule has 0 aromatic heterocycles. The summed E-state index contributed by atoms with van der Waals surface area (Å²) >= 11 is 0. The maximum atomic E-state index is 12.2. The van der Waals surface area contributed by atoms with E-state index in [1.54, 1.807) is 24.3 Å². The molecule has 0 bridgehead atoms. The van der Waals surface area contributed by atoms with E-state index in [1.807, 2.05) is 19.9 Å². The van der Waals surface area contributed by atoms with Crippen LogP contribution in [0.3, 0.4) is 0 Å². The van der Waals surface area contributed by atoms with Gasteiger partial charge in [-0.3, -0.25) is 0 Å². The summed E-state index contributed by atoms with van der Waals surface area (Å²) in [6.07, 6.45) is 3.63. The highest BCUT2D eigenvalue weighted by Gasteiger charge is 2.18. The van der Waals surface area contributed by atoms with Crippen LogP contribution in [-0.2, 0) is 9.47 Å². The Morgan fingerprint density at radius 2 is 1.61 bits per heavy atom. The smallest absolute Gasteiger partial charge is 0.339 e. The maximum Gasteiger partial charge on any atom is 0.339 e. The molecule has 23 heavy (non-hydrogen) atoms. The first-order valence-corrected chi connectivity index (χ1v) is 7.98. The van der Waals surface area contributed by atoms with Gasteiger partial charge in [0.1, 0.15) is 6.61 Å². The third-order valence-corrected chi connectivity index (χ3v) is 3.23. The average Bonchev–Trinajstić information content (AvgIpc) is 2.50. The second-order valence-electron chi connectivity index (χ2n) is 6.10. The molecule has 0 N–H and O–H groups in total. The van der Waals surface area contributed by atoms with Crippen molar-refractivity contribution in [1.29, 1.82) is 0 Å². The zero-order chi connectivity index (χ0) is 17.2. The number of carbonyl (C=O) groups excluding carboxylic acids is 2. The van der Waals surface area contributed by atoms with Gasteiger partial charge in [-0.1, -0.05) is 31.6 Å². The van der Waals surface area contributed by atoms with E-state index in [0.717, 1.165) is 18.4 Å². The Bertz CT molecular complexity index is 554. The molecule has 0 aliphatic rings. The Labute approximate surface area is 138 Å². The van der Waals surface area contributed by atoms with Crippen LogP contribution in [0.25, 0.3) is 0 Å². The van der Waals surface area contributed by atoms with E-state index in [9.17, 15) is 9.59 Å². The number of ether oxygens (including phenoxy) is 2. The maximum absolute atomic E-state index is 12.2. The summed E-state index contributed by atoms with van der Waals surface area (Å²) < 4.78 is 10.4. The van der Waals surface area contributed by atoms with Crippen molar-refractivity contribution >= 4 is 11.9 Å². The minimum atomic E-state index is -0.516. The molecule has 0 aliphatic carbocycles. The first kappa shape index (κ1) is 18.9. The van der Waals surface area contributed by atoms with E-state index in [0.29, 0.717) is 12.5 Å². The first-order valence-electron chi connectivity index (χ1n) is 7.98. The molecule has 0 fully saturated rings. The van der Waals surface area contributed by atoms with Crippen LogP contribution in [-0.4, -0.2) is 25.2 Å².